The predicted molar refractivity (Wildman–Crippen MR) is 109 cm³/mol. The number of hydrogen-bond acceptors (Lipinski definition) is 4. The molecular weight excluding hydrogens is 375 g/mol. The monoisotopic (exact) mass is 402 g/mol. The Morgan fingerprint density at radius 2 is 1.79 bits per heavy atom. The zero-order valence-electron chi connectivity index (χ0n) is 16.3. The molecule has 0 atom stereocenters. The second kappa shape index (κ2) is 7.84. The number of halogens is 1. The van der Waals surface area contributed by atoms with Crippen molar-refractivity contribution in [3.05, 3.63) is 53.8 Å². The van der Waals surface area contributed by atoms with Gasteiger partial charge in [0.05, 0.1) is 9.79 Å². The molecule has 2 aliphatic heterocycles. The lowest BCUT2D eigenvalue weighted by molar-refractivity contribution is 0.210. The molecule has 4 nitrogen and oxygen atoms in total. The molecule has 2 aliphatic rings. The molecule has 4 rings (SSSR count). The Bertz CT molecular complexity index is 953. The van der Waals surface area contributed by atoms with Gasteiger partial charge in [-0.2, -0.15) is 0 Å². The summed E-state index contributed by atoms with van der Waals surface area (Å²) in [6.07, 6.45) is 4.36. The fraction of sp³-hybridized carbons (Fsp3) is 0.455. The van der Waals surface area contributed by atoms with Crippen molar-refractivity contribution >= 4 is 15.5 Å². The molecule has 2 aromatic carbocycles. The maximum atomic E-state index is 13.5. The van der Waals surface area contributed by atoms with E-state index in [1.807, 2.05) is 6.07 Å². The van der Waals surface area contributed by atoms with Crippen LogP contribution in [-0.4, -0.2) is 45.5 Å². The van der Waals surface area contributed by atoms with Crippen LogP contribution >= 0.6 is 0 Å². The summed E-state index contributed by atoms with van der Waals surface area (Å²) in [5, 5.41) is 0. The highest BCUT2D eigenvalue weighted by atomic mass is 32.2. The van der Waals surface area contributed by atoms with E-state index in [1.165, 1.54) is 31.2 Å². The molecule has 0 N–H and O–H groups in total. The molecule has 28 heavy (non-hydrogen) atoms. The Hall–Kier alpha value is -1.92. The highest BCUT2D eigenvalue weighted by Crippen LogP contribution is 2.35. The van der Waals surface area contributed by atoms with Gasteiger partial charge in [-0.1, -0.05) is 13.0 Å². The first-order chi connectivity index (χ1) is 13.5. The molecular formula is C22H27FN2O2S. The van der Waals surface area contributed by atoms with E-state index in [2.05, 4.69) is 16.7 Å². The Balaban J connectivity index is 1.54. The minimum atomic E-state index is -3.70. The van der Waals surface area contributed by atoms with Crippen LogP contribution in [0.15, 0.2) is 52.3 Å². The van der Waals surface area contributed by atoms with Crippen LogP contribution in [0.25, 0.3) is 0 Å². The molecule has 0 aromatic heterocycles. The zero-order chi connectivity index (χ0) is 19.7. The average Bonchev–Trinajstić information content (AvgIpc) is 3.12. The van der Waals surface area contributed by atoms with E-state index in [9.17, 15) is 12.8 Å². The van der Waals surface area contributed by atoms with Crippen LogP contribution in [0.1, 0.15) is 31.7 Å². The van der Waals surface area contributed by atoms with Crippen LogP contribution in [0.3, 0.4) is 0 Å². The first-order valence-electron chi connectivity index (χ1n) is 10.1. The molecule has 0 aliphatic carbocycles. The number of sulfone groups is 1. The summed E-state index contributed by atoms with van der Waals surface area (Å²) in [4.78, 5) is 5.24. The van der Waals surface area contributed by atoms with Gasteiger partial charge >= 0.3 is 0 Å². The van der Waals surface area contributed by atoms with Crippen LogP contribution in [-0.2, 0) is 16.3 Å². The van der Waals surface area contributed by atoms with Crippen LogP contribution in [0.4, 0.5) is 10.1 Å². The second-order valence-corrected chi connectivity index (χ2v) is 9.72. The topological polar surface area (TPSA) is 40.6 Å². The van der Waals surface area contributed by atoms with E-state index < -0.39 is 15.7 Å². The SMILES string of the molecule is CCCN1CCC(N2CCc3cc(S(=O)(=O)c4cccc(F)c4)ccc32)CC1. The Labute approximate surface area is 166 Å². The molecule has 0 saturated carbocycles. The Morgan fingerprint density at radius 3 is 2.50 bits per heavy atom. The molecule has 6 heteroatoms. The Kier molecular flexibility index (Phi) is 5.43. The van der Waals surface area contributed by atoms with E-state index in [0.717, 1.165) is 56.2 Å². The number of rotatable bonds is 5. The molecule has 0 amide bonds. The third-order valence-electron chi connectivity index (χ3n) is 5.94. The number of piperidine rings is 1. The van der Waals surface area contributed by atoms with Crippen molar-refractivity contribution in [3.8, 4) is 0 Å². The van der Waals surface area contributed by atoms with Crippen LogP contribution in [0.2, 0.25) is 0 Å². The van der Waals surface area contributed by atoms with Gasteiger partial charge in [-0.3, -0.25) is 0 Å². The predicted octanol–water partition coefficient (Wildman–Crippen LogP) is 3.90. The maximum Gasteiger partial charge on any atom is 0.206 e. The summed E-state index contributed by atoms with van der Waals surface area (Å²) in [6, 6.07) is 11.1. The Morgan fingerprint density at radius 1 is 1.04 bits per heavy atom. The van der Waals surface area contributed by atoms with Crippen molar-refractivity contribution in [2.24, 2.45) is 0 Å². The molecule has 1 fully saturated rings. The molecule has 0 unspecified atom stereocenters. The van der Waals surface area contributed by atoms with Gasteiger partial charge in [-0.25, -0.2) is 12.8 Å². The average molecular weight is 403 g/mol. The summed E-state index contributed by atoms with van der Waals surface area (Å²) in [5.41, 5.74) is 2.24. The highest BCUT2D eigenvalue weighted by Gasteiger charge is 2.30. The smallest absolute Gasteiger partial charge is 0.206 e. The first-order valence-corrected chi connectivity index (χ1v) is 11.6. The highest BCUT2D eigenvalue weighted by molar-refractivity contribution is 7.91. The van der Waals surface area contributed by atoms with Crippen molar-refractivity contribution in [1.29, 1.82) is 0 Å². The van der Waals surface area contributed by atoms with Gasteiger partial charge < -0.3 is 9.80 Å². The number of anilines is 1. The van der Waals surface area contributed by atoms with E-state index in [0.29, 0.717) is 6.04 Å². The summed E-state index contributed by atoms with van der Waals surface area (Å²) < 4.78 is 39.3. The van der Waals surface area contributed by atoms with Gasteiger partial charge in [0, 0.05) is 31.4 Å². The van der Waals surface area contributed by atoms with Gasteiger partial charge in [-0.15, -0.1) is 0 Å². The van der Waals surface area contributed by atoms with Crippen LogP contribution < -0.4 is 4.90 Å². The molecule has 2 heterocycles. The molecule has 0 radical (unpaired) electrons. The summed E-state index contributed by atoms with van der Waals surface area (Å²) in [7, 11) is -3.70. The first kappa shape index (κ1) is 19.4. The summed E-state index contributed by atoms with van der Waals surface area (Å²) in [5.74, 6) is -0.539. The van der Waals surface area contributed by atoms with E-state index in [1.54, 1.807) is 12.1 Å². The summed E-state index contributed by atoms with van der Waals surface area (Å²) >= 11 is 0. The standard InChI is InChI=1S/C22H27FN2O2S/c1-2-11-24-12-9-19(10-13-24)25-14-8-17-15-21(6-7-22(17)25)28(26,27)20-5-3-4-18(23)16-20/h3-7,15-16,19H,2,8-14H2,1H3. The fourth-order valence-corrected chi connectivity index (χ4v) is 5.83. The third kappa shape index (κ3) is 3.67. The lowest BCUT2D eigenvalue weighted by Crippen LogP contribution is -2.44. The fourth-order valence-electron chi connectivity index (χ4n) is 4.49. The number of benzene rings is 2. The zero-order valence-corrected chi connectivity index (χ0v) is 17.1. The normalized spacial score (nSPS) is 18.4. The number of hydrogen-bond donors (Lipinski definition) is 0. The second-order valence-electron chi connectivity index (χ2n) is 7.77. The van der Waals surface area contributed by atoms with E-state index >= 15 is 0 Å². The molecule has 0 bridgehead atoms. The quantitative estimate of drug-likeness (QED) is 0.761. The summed E-state index contributed by atoms with van der Waals surface area (Å²) in [6.45, 7) is 6.60. The van der Waals surface area contributed by atoms with Gasteiger partial charge in [-0.05, 0) is 74.2 Å². The van der Waals surface area contributed by atoms with Crippen molar-refractivity contribution in [1.82, 2.24) is 4.90 Å². The largest absolute Gasteiger partial charge is 0.368 e. The van der Waals surface area contributed by atoms with Crippen molar-refractivity contribution in [3.63, 3.8) is 0 Å². The minimum absolute atomic E-state index is 0.00518. The van der Waals surface area contributed by atoms with Gasteiger partial charge in [0.15, 0.2) is 0 Å². The third-order valence-corrected chi connectivity index (χ3v) is 7.69. The van der Waals surface area contributed by atoms with Crippen LogP contribution in [0.5, 0.6) is 0 Å². The molecule has 2 aromatic rings. The molecule has 0 spiro atoms. The van der Waals surface area contributed by atoms with E-state index in [-0.39, 0.29) is 9.79 Å². The van der Waals surface area contributed by atoms with Crippen molar-refractivity contribution in [2.75, 3.05) is 31.1 Å². The van der Waals surface area contributed by atoms with Gasteiger partial charge in [0.1, 0.15) is 5.82 Å². The minimum Gasteiger partial charge on any atom is -0.368 e. The molecule has 150 valence electrons. The van der Waals surface area contributed by atoms with E-state index in [4.69, 9.17) is 0 Å². The number of nitrogens with zero attached hydrogens (tertiary/aromatic N) is 2. The number of fused-ring (bicyclic) bond motifs is 1. The van der Waals surface area contributed by atoms with Crippen molar-refractivity contribution < 1.29 is 12.8 Å². The van der Waals surface area contributed by atoms with Crippen molar-refractivity contribution in [2.45, 2.75) is 48.4 Å². The number of likely N-dealkylation sites (tertiary alicyclic amines) is 1. The lowest BCUT2D eigenvalue weighted by atomic mass is 10.0. The maximum absolute atomic E-state index is 13.5. The van der Waals surface area contributed by atoms with Crippen LogP contribution in [0, 0.1) is 5.82 Å². The lowest BCUT2D eigenvalue weighted by Gasteiger charge is -2.38. The van der Waals surface area contributed by atoms with Gasteiger partial charge in [0.25, 0.3) is 0 Å². The van der Waals surface area contributed by atoms with Gasteiger partial charge in [0.2, 0.25) is 9.84 Å². The molecule has 1 saturated heterocycles.